The molecule has 2 heteroatoms. The molecule has 0 saturated heterocycles. The third-order valence-corrected chi connectivity index (χ3v) is 5.90. The van der Waals surface area contributed by atoms with Crippen LogP contribution in [-0.2, 0) is 0 Å². The lowest BCUT2D eigenvalue weighted by atomic mass is 9.58. The summed E-state index contributed by atoms with van der Waals surface area (Å²) in [5, 5.41) is 20.2. The van der Waals surface area contributed by atoms with Crippen molar-refractivity contribution < 1.29 is 0 Å². The molecular formula is C25H26N2. The molecule has 0 fully saturated rings. The Labute approximate surface area is 162 Å². The lowest BCUT2D eigenvalue weighted by Gasteiger charge is -2.41. The molecule has 2 atom stereocenters. The normalized spacial score (nSPS) is 19.2. The molecule has 136 valence electrons. The van der Waals surface area contributed by atoms with Crippen LogP contribution in [0.25, 0.3) is 0 Å². The molecule has 2 aromatic carbocycles. The fourth-order valence-corrected chi connectivity index (χ4v) is 4.33. The maximum Gasteiger partial charge on any atom is 0.156 e. The summed E-state index contributed by atoms with van der Waals surface area (Å²) < 4.78 is 0. The Kier molecular flexibility index (Phi) is 5.20. The number of benzene rings is 2. The Morgan fingerprint density at radius 3 is 1.89 bits per heavy atom. The van der Waals surface area contributed by atoms with Crippen LogP contribution in [0.3, 0.4) is 0 Å². The Morgan fingerprint density at radius 1 is 0.815 bits per heavy atom. The van der Waals surface area contributed by atoms with Gasteiger partial charge in [0.15, 0.2) is 5.41 Å². The van der Waals surface area contributed by atoms with Gasteiger partial charge < -0.3 is 0 Å². The Balaban J connectivity index is 2.31. The van der Waals surface area contributed by atoms with E-state index >= 15 is 0 Å². The van der Waals surface area contributed by atoms with Crippen LogP contribution in [0.1, 0.15) is 56.2 Å². The number of allylic oxidation sites excluding steroid dienone is 2. The van der Waals surface area contributed by atoms with Crippen LogP contribution in [-0.4, -0.2) is 0 Å². The van der Waals surface area contributed by atoms with Crippen molar-refractivity contribution in [2.45, 2.75) is 39.5 Å². The summed E-state index contributed by atoms with van der Waals surface area (Å²) in [4.78, 5) is 0. The molecule has 2 aromatic rings. The average Bonchev–Trinajstić information content (AvgIpc) is 2.69. The van der Waals surface area contributed by atoms with E-state index in [-0.39, 0.29) is 23.7 Å². The maximum atomic E-state index is 10.1. The lowest BCUT2D eigenvalue weighted by molar-refractivity contribution is 0.310. The van der Waals surface area contributed by atoms with Crippen molar-refractivity contribution >= 4 is 0 Å². The highest BCUT2D eigenvalue weighted by Gasteiger charge is 2.48. The van der Waals surface area contributed by atoms with Crippen LogP contribution in [0.2, 0.25) is 0 Å². The molecule has 1 aliphatic carbocycles. The minimum atomic E-state index is -1.08. The van der Waals surface area contributed by atoms with Crippen molar-refractivity contribution in [3.05, 3.63) is 82.9 Å². The second kappa shape index (κ2) is 7.42. The largest absolute Gasteiger partial charge is 0.197 e. The van der Waals surface area contributed by atoms with E-state index in [1.165, 1.54) is 16.7 Å². The highest BCUT2D eigenvalue weighted by molar-refractivity contribution is 5.54. The van der Waals surface area contributed by atoms with Crippen molar-refractivity contribution in [1.29, 1.82) is 10.5 Å². The lowest BCUT2D eigenvalue weighted by Crippen LogP contribution is -2.36. The number of nitrogens with zero attached hydrogens (tertiary/aromatic N) is 2. The molecule has 0 amide bonds. The molecule has 0 aromatic heterocycles. The van der Waals surface area contributed by atoms with E-state index in [0.29, 0.717) is 0 Å². The first kappa shape index (κ1) is 18.9. The number of hydrogen-bond acceptors (Lipinski definition) is 2. The monoisotopic (exact) mass is 354 g/mol. The van der Waals surface area contributed by atoms with Gasteiger partial charge in [-0.25, -0.2) is 0 Å². The zero-order valence-electron chi connectivity index (χ0n) is 16.5. The fraction of sp³-hybridized carbons (Fsp3) is 0.360. The second-order valence-corrected chi connectivity index (χ2v) is 8.02. The van der Waals surface area contributed by atoms with Gasteiger partial charge in [-0.15, -0.1) is 0 Å². The van der Waals surface area contributed by atoms with Gasteiger partial charge in [0.25, 0.3) is 0 Å². The first-order chi connectivity index (χ1) is 13.0. The molecule has 3 rings (SSSR count). The predicted molar refractivity (Wildman–Crippen MR) is 109 cm³/mol. The highest BCUT2D eigenvalue weighted by atomic mass is 14.5. The van der Waals surface area contributed by atoms with Gasteiger partial charge in [-0.2, -0.15) is 10.5 Å². The standard InChI is InChI=1S/C25H26N2/c1-17(2)22-14-23(19-10-6-5-7-11-19)20-12-8-9-13-21(20)24(22)25(15-26,16-27)18(3)4/h5-14,17-18,23-24H,1-4H3/t23-,24?/m1/s1. The number of rotatable bonds is 4. The van der Waals surface area contributed by atoms with Crippen molar-refractivity contribution in [2.75, 3.05) is 0 Å². The molecule has 1 unspecified atom stereocenters. The van der Waals surface area contributed by atoms with Gasteiger partial charge >= 0.3 is 0 Å². The van der Waals surface area contributed by atoms with Crippen LogP contribution in [0.15, 0.2) is 66.2 Å². The molecule has 0 heterocycles. The Bertz CT molecular complexity index is 909. The summed E-state index contributed by atoms with van der Waals surface area (Å²) in [6.07, 6.45) is 2.30. The van der Waals surface area contributed by atoms with Crippen molar-refractivity contribution in [2.24, 2.45) is 17.3 Å². The van der Waals surface area contributed by atoms with Crippen LogP contribution in [0.5, 0.6) is 0 Å². The minimum absolute atomic E-state index is 0.0685. The van der Waals surface area contributed by atoms with Gasteiger partial charge in [0.05, 0.1) is 12.1 Å². The van der Waals surface area contributed by atoms with Gasteiger partial charge in [-0.05, 0) is 28.5 Å². The number of fused-ring (bicyclic) bond motifs is 1. The molecule has 0 spiro atoms. The first-order valence-corrected chi connectivity index (χ1v) is 9.64. The fourth-order valence-electron chi connectivity index (χ4n) is 4.33. The zero-order chi connectivity index (χ0) is 19.6. The summed E-state index contributed by atoms with van der Waals surface area (Å²) in [6, 6.07) is 23.6. The van der Waals surface area contributed by atoms with Gasteiger partial charge in [0.2, 0.25) is 0 Å². The van der Waals surface area contributed by atoms with Crippen molar-refractivity contribution in [3.63, 3.8) is 0 Å². The Hall–Kier alpha value is -2.84. The number of nitriles is 2. The Morgan fingerprint density at radius 2 is 1.37 bits per heavy atom. The van der Waals surface area contributed by atoms with Crippen molar-refractivity contribution in [1.82, 2.24) is 0 Å². The molecule has 2 nitrogen and oxygen atoms in total. The maximum absolute atomic E-state index is 10.1. The van der Waals surface area contributed by atoms with E-state index in [9.17, 15) is 10.5 Å². The highest BCUT2D eigenvalue weighted by Crippen LogP contribution is 2.53. The summed E-state index contributed by atoms with van der Waals surface area (Å²) in [7, 11) is 0. The molecule has 0 radical (unpaired) electrons. The molecule has 0 aliphatic heterocycles. The quantitative estimate of drug-likeness (QED) is 0.615. The van der Waals surface area contributed by atoms with Crippen LogP contribution in [0.4, 0.5) is 0 Å². The number of hydrogen-bond donors (Lipinski definition) is 0. The summed E-state index contributed by atoms with van der Waals surface area (Å²) in [6.45, 7) is 8.29. The van der Waals surface area contributed by atoms with Crippen LogP contribution < -0.4 is 0 Å². The predicted octanol–water partition coefficient (Wildman–Crippen LogP) is 6.19. The van der Waals surface area contributed by atoms with Gasteiger partial charge in [0.1, 0.15) is 0 Å². The SMILES string of the molecule is CC(C)C1=C[C@H](c2ccccc2)c2ccccc2C1C(C#N)(C#N)C(C)C. The van der Waals surface area contributed by atoms with E-state index in [1.54, 1.807) is 0 Å². The van der Waals surface area contributed by atoms with Crippen molar-refractivity contribution in [3.8, 4) is 12.1 Å². The summed E-state index contributed by atoms with van der Waals surface area (Å²) in [5.74, 6) is 0.136. The molecule has 0 saturated carbocycles. The average molecular weight is 354 g/mol. The smallest absolute Gasteiger partial charge is 0.156 e. The third kappa shape index (κ3) is 3.07. The summed E-state index contributed by atoms with van der Waals surface area (Å²) >= 11 is 0. The third-order valence-electron chi connectivity index (χ3n) is 5.90. The van der Waals surface area contributed by atoms with E-state index in [0.717, 1.165) is 5.56 Å². The van der Waals surface area contributed by atoms with Crippen LogP contribution in [0, 0.1) is 39.9 Å². The van der Waals surface area contributed by atoms with Gasteiger partial charge in [-0.1, -0.05) is 93.9 Å². The van der Waals surface area contributed by atoms with E-state index in [1.807, 2.05) is 26.0 Å². The molecule has 1 aliphatic rings. The van der Waals surface area contributed by atoms with E-state index in [4.69, 9.17) is 0 Å². The first-order valence-electron chi connectivity index (χ1n) is 9.64. The topological polar surface area (TPSA) is 47.6 Å². The van der Waals surface area contributed by atoms with E-state index in [2.05, 4.69) is 74.5 Å². The van der Waals surface area contributed by atoms with Crippen LogP contribution >= 0.6 is 0 Å². The van der Waals surface area contributed by atoms with Gasteiger partial charge in [0, 0.05) is 11.8 Å². The summed E-state index contributed by atoms with van der Waals surface area (Å²) in [5.41, 5.74) is 3.68. The van der Waals surface area contributed by atoms with E-state index < -0.39 is 5.41 Å². The second-order valence-electron chi connectivity index (χ2n) is 8.02. The van der Waals surface area contributed by atoms with Gasteiger partial charge in [-0.3, -0.25) is 0 Å². The zero-order valence-corrected chi connectivity index (χ0v) is 16.5. The molecule has 0 N–H and O–H groups in total. The minimum Gasteiger partial charge on any atom is -0.197 e. The molecular weight excluding hydrogens is 328 g/mol. The molecule has 27 heavy (non-hydrogen) atoms. The molecule has 0 bridgehead atoms.